The Bertz CT molecular complexity index is 907. The van der Waals surface area contributed by atoms with Gasteiger partial charge in [-0.2, -0.15) is 0 Å². The molecule has 3 fully saturated rings. The van der Waals surface area contributed by atoms with E-state index in [1.807, 2.05) is 11.0 Å². The molecule has 11 nitrogen and oxygen atoms in total. The summed E-state index contributed by atoms with van der Waals surface area (Å²) in [4.78, 5) is 47.3. The van der Waals surface area contributed by atoms with Gasteiger partial charge in [0, 0.05) is 51.4 Å². The summed E-state index contributed by atoms with van der Waals surface area (Å²) in [6.45, 7) is 3.26. The van der Waals surface area contributed by atoms with Crippen molar-refractivity contribution in [2.45, 2.75) is 44.2 Å². The van der Waals surface area contributed by atoms with Crippen LogP contribution < -0.4 is 21.3 Å². The van der Waals surface area contributed by atoms with Gasteiger partial charge < -0.3 is 20.9 Å². The first kappa shape index (κ1) is 25.4. The van der Waals surface area contributed by atoms with Crippen molar-refractivity contribution in [2.24, 2.45) is 22.7 Å². The highest BCUT2D eigenvalue weighted by atomic mass is 19.1. The third-order valence-electron chi connectivity index (χ3n) is 7.30. The van der Waals surface area contributed by atoms with E-state index in [0.717, 1.165) is 44.5 Å². The molecule has 4 rings (SSSR count). The van der Waals surface area contributed by atoms with Crippen molar-refractivity contribution in [1.29, 1.82) is 0 Å². The molecule has 192 valence electrons. The SMILES string of the molecule is CN1CC(F)CNC1C(C(=O)Nc1cnccc1N1CCC(C(=O)N2CCCC2)CC1)C(N)N=O. The van der Waals surface area contributed by atoms with Gasteiger partial charge in [0.1, 0.15) is 12.1 Å². The van der Waals surface area contributed by atoms with Crippen molar-refractivity contribution in [1.82, 2.24) is 20.1 Å². The molecule has 0 aromatic carbocycles. The van der Waals surface area contributed by atoms with Crippen LogP contribution in [0.15, 0.2) is 23.6 Å². The van der Waals surface area contributed by atoms with Crippen LogP contribution in [0.1, 0.15) is 25.7 Å². The van der Waals surface area contributed by atoms with E-state index in [2.05, 4.69) is 25.7 Å². The van der Waals surface area contributed by atoms with Gasteiger partial charge in [-0.3, -0.25) is 24.8 Å². The van der Waals surface area contributed by atoms with Crippen LogP contribution in [0.2, 0.25) is 0 Å². The number of aromatic nitrogens is 1. The van der Waals surface area contributed by atoms with Crippen LogP contribution in [0.25, 0.3) is 0 Å². The fourth-order valence-electron chi connectivity index (χ4n) is 5.39. The molecule has 4 unspecified atom stereocenters. The summed E-state index contributed by atoms with van der Waals surface area (Å²) in [5.74, 6) is -1.24. The summed E-state index contributed by atoms with van der Waals surface area (Å²) in [5, 5.41) is 8.73. The molecule has 0 saturated carbocycles. The predicted molar refractivity (Wildman–Crippen MR) is 130 cm³/mol. The van der Waals surface area contributed by atoms with E-state index in [0.29, 0.717) is 18.8 Å². The number of halogens is 1. The van der Waals surface area contributed by atoms with Crippen LogP contribution in [0.5, 0.6) is 0 Å². The number of hydrogen-bond donors (Lipinski definition) is 3. The molecule has 1 aromatic heterocycles. The first-order chi connectivity index (χ1) is 16.9. The number of alkyl halides is 1. The average molecular weight is 491 g/mol. The maximum atomic E-state index is 13.8. The number of anilines is 2. The number of likely N-dealkylation sites (tertiary alicyclic amines) is 1. The normalized spacial score (nSPS) is 25.8. The van der Waals surface area contributed by atoms with Gasteiger partial charge in [-0.1, -0.05) is 5.18 Å². The lowest BCUT2D eigenvalue weighted by Crippen LogP contribution is -2.62. The standard InChI is InChI=1S/C23H35FN8O3/c1-30-14-16(24)12-27-21(30)19(20(25)29-35)22(33)28-17-13-26-7-4-18(17)31-10-5-15(6-11-31)23(34)32-8-2-3-9-32/h4,7,13,15-16,19-21,27H,2-3,5-6,8-12,14,25H2,1H3,(H,28,33). The first-order valence-electron chi connectivity index (χ1n) is 12.3. The van der Waals surface area contributed by atoms with Crippen molar-refractivity contribution in [3.63, 3.8) is 0 Å². The Morgan fingerprint density at radius 1 is 1.26 bits per heavy atom. The third kappa shape index (κ3) is 5.76. The minimum atomic E-state index is -1.31. The third-order valence-corrected chi connectivity index (χ3v) is 7.30. The zero-order valence-electron chi connectivity index (χ0n) is 20.1. The van der Waals surface area contributed by atoms with Gasteiger partial charge in [0.2, 0.25) is 11.8 Å². The van der Waals surface area contributed by atoms with Gasteiger partial charge in [-0.25, -0.2) is 4.39 Å². The van der Waals surface area contributed by atoms with Crippen LogP contribution in [0.3, 0.4) is 0 Å². The molecule has 4 N–H and O–H groups in total. The van der Waals surface area contributed by atoms with E-state index in [4.69, 9.17) is 5.73 Å². The number of nitrogens with one attached hydrogen (secondary N) is 2. The topological polar surface area (TPSA) is 136 Å². The quantitative estimate of drug-likeness (QED) is 0.476. The Morgan fingerprint density at radius 2 is 1.97 bits per heavy atom. The Balaban J connectivity index is 1.44. The van der Waals surface area contributed by atoms with Crippen LogP contribution in [-0.2, 0) is 9.59 Å². The molecule has 4 atom stereocenters. The van der Waals surface area contributed by atoms with Crippen LogP contribution in [0, 0.1) is 16.7 Å². The number of piperidine rings is 1. The lowest BCUT2D eigenvalue weighted by molar-refractivity contribution is -0.135. The number of nitroso groups, excluding NO2 is 1. The molecule has 0 radical (unpaired) electrons. The van der Waals surface area contributed by atoms with Gasteiger partial charge in [-0.15, -0.1) is 4.91 Å². The molecule has 12 heteroatoms. The molecular formula is C23H35FN8O3. The van der Waals surface area contributed by atoms with Crippen LogP contribution in [-0.4, -0.2) is 91.4 Å². The first-order valence-corrected chi connectivity index (χ1v) is 12.3. The highest BCUT2D eigenvalue weighted by molar-refractivity contribution is 5.96. The van der Waals surface area contributed by atoms with E-state index in [1.165, 1.54) is 0 Å². The van der Waals surface area contributed by atoms with Crippen LogP contribution in [0.4, 0.5) is 15.8 Å². The van der Waals surface area contributed by atoms with Gasteiger partial charge in [0.25, 0.3) is 0 Å². The Morgan fingerprint density at radius 3 is 2.63 bits per heavy atom. The molecule has 3 aliphatic rings. The summed E-state index contributed by atoms with van der Waals surface area (Å²) in [7, 11) is 1.67. The molecule has 0 aliphatic carbocycles. The molecule has 0 bridgehead atoms. The second kappa shape index (κ2) is 11.4. The second-order valence-electron chi connectivity index (χ2n) is 9.69. The number of carbonyl (C=O) groups is 2. The fourth-order valence-corrected chi connectivity index (χ4v) is 5.39. The highest BCUT2D eigenvalue weighted by Gasteiger charge is 2.40. The molecule has 35 heavy (non-hydrogen) atoms. The van der Waals surface area contributed by atoms with Crippen molar-refractivity contribution >= 4 is 23.2 Å². The van der Waals surface area contributed by atoms with E-state index >= 15 is 0 Å². The van der Waals surface area contributed by atoms with E-state index < -0.39 is 30.3 Å². The number of rotatable bonds is 7. The molecule has 1 aromatic rings. The molecule has 0 spiro atoms. The van der Waals surface area contributed by atoms with E-state index in [9.17, 15) is 18.9 Å². The van der Waals surface area contributed by atoms with Crippen molar-refractivity contribution < 1.29 is 14.0 Å². The zero-order chi connectivity index (χ0) is 24.9. The van der Waals surface area contributed by atoms with Crippen molar-refractivity contribution in [3.05, 3.63) is 23.4 Å². The second-order valence-corrected chi connectivity index (χ2v) is 9.69. The number of nitrogens with zero attached hydrogens (tertiary/aromatic N) is 5. The maximum absolute atomic E-state index is 13.8. The van der Waals surface area contributed by atoms with Gasteiger partial charge in [0.15, 0.2) is 6.17 Å². The monoisotopic (exact) mass is 490 g/mol. The minimum absolute atomic E-state index is 0.0255. The number of carbonyl (C=O) groups excluding carboxylic acids is 2. The fraction of sp³-hybridized carbons (Fsp3) is 0.696. The van der Waals surface area contributed by atoms with Gasteiger partial charge in [0.05, 0.1) is 23.7 Å². The smallest absolute Gasteiger partial charge is 0.234 e. The molecule has 2 amide bonds. The molecule has 3 saturated heterocycles. The van der Waals surface area contributed by atoms with Gasteiger partial charge >= 0.3 is 0 Å². The van der Waals surface area contributed by atoms with Crippen molar-refractivity contribution in [2.75, 3.05) is 56.5 Å². The summed E-state index contributed by atoms with van der Waals surface area (Å²) >= 11 is 0. The van der Waals surface area contributed by atoms with E-state index in [-0.39, 0.29) is 24.9 Å². The summed E-state index contributed by atoms with van der Waals surface area (Å²) in [6.07, 6.45) is 3.84. The lowest BCUT2D eigenvalue weighted by atomic mass is 9.95. The summed E-state index contributed by atoms with van der Waals surface area (Å²) in [6, 6.07) is 1.82. The van der Waals surface area contributed by atoms with Crippen molar-refractivity contribution in [3.8, 4) is 0 Å². The largest absolute Gasteiger partial charge is 0.370 e. The van der Waals surface area contributed by atoms with E-state index in [1.54, 1.807) is 24.3 Å². The predicted octanol–water partition coefficient (Wildman–Crippen LogP) is 0.726. The lowest BCUT2D eigenvalue weighted by Gasteiger charge is -2.40. The molecule has 4 heterocycles. The number of hydrogen-bond acceptors (Lipinski definition) is 9. The molecular weight excluding hydrogens is 455 g/mol. The Hall–Kier alpha value is -2.70. The summed E-state index contributed by atoms with van der Waals surface area (Å²) in [5.41, 5.74) is 7.20. The number of amides is 2. The number of pyridine rings is 1. The Kier molecular flexibility index (Phi) is 8.24. The van der Waals surface area contributed by atoms with Gasteiger partial charge in [-0.05, 0) is 38.8 Å². The highest BCUT2D eigenvalue weighted by Crippen LogP contribution is 2.31. The minimum Gasteiger partial charge on any atom is -0.370 e. The summed E-state index contributed by atoms with van der Waals surface area (Å²) < 4.78 is 13.8. The average Bonchev–Trinajstić information content (AvgIpc) is 3.40. The Labute approximate surface area is 204 Å². The molecule has 3 aliphatic heterocycles. The number of nitrogens with two attached hydrogens (primary N) is 1. The van der Waals surface area contributed by atoms with Crippen LogP contribution >= 0.6 is 0 Å². The zero-order valence-corrected chi connectivity index (χ0v) is 20.1. The maximum Gasteiger partial charge on any atom is 0.234 e.